The van der Waals surface area contributed by atoms with Crippen LogP contribution < -0.4 is 10.6 Å². The Morgan fingerprint density at radius 2 is 1.62 bits per heavy atom. The molecule has 0 heterocycles. The fourth-order valence-electron chi connectivity index (χ4n) is 3.90. The Morgan fingerprint density at radius 3 is 2.19 bits per heavy atom. The van der Waals surface area contributed by atoms with E-state index in [0.717, 1.165) is 22.3 Å². The van der Waals surface area contributed by atoms with Crippen molar-refractivity contribution in [3.8, 4) is 11.1 Å². The van der Waals surface area contributed by atoms with Crippen LogP contribution in [0.4, 0.5) is 4.79 Å². The average Bonchev–Trinajstić information content (AvgIpc) is 3.09. The van der Waals surface area contributed by atoms with Gasteiger partial charge in [0.2, 0.25) is 5.91 Å². The number of rotatable bonds is 10. The molecule has 32 heavy (non-hydrogen) atoms. The summed E-state index contributed by atoms with van der Waals surface area (Å²) in [5.41, 5.74) is 4.45. The largest absolute Gasteiger partial charge is 0.481 e. The van der Waals surface area contributed by atoms with Gasteiger partial charge >= 0.3 is 12.1 Å². The van der Waals surface area contributed by atoms with Crippen molar-refractivity contribution < 1.29 is 29.0 Å². The number of benzene rings is 2. The van der Waals surface area contributed by atoms with Gasteiger partial charge < -0.3 is 25.2 Å². The molecule has 170 valence electrons. The number of carboxylic acids is 1. The van der Waals surface area contributed by atoms with Crippen LogP contribution in [0.15, 0.2) is 48.5 Å². The van der Waals surface area contributed by atoms with E-state index >= 15 is 0 Å². The van der Waals surface area contributed by atoms with E-state index < -0.39 is 24.0 Å². The number of carboxylic acid groups (broad SMARTS) is 1. The lowest BCUT2D eigenvalue weighted by Gasteiger charge is -2.20. The SMILES string of the molecule is COCC(NC(=O)OCC1c2ccccc2-c2ccccc21)C(=O)NCC(C)CC(=O)O. The number of alkyl carbamates (subject to hydrolysis) is 1. The first kappa shape index (κ1) is 23.3. The van der Waals surface area contributed by atoms with E-state index in [2.05, 4.69) is 22.8 Å². The first-order valence-electron chi connectivity index (χ1n) is 10.5. The average molecular weight is 440 g/mol. The molecule has 8 nitrogen and oxygen atoms in total. The van der Waals surface area contributed by atoms with E-state index in [4.69, 9.17) is 14.6 Å². The van der Waals surface area contributed by atoms with Crippen molar-refractivity contribution in [3.05, 3.63) is 59.7 Å². The molecule has 1 aliphatic carbocycles. The minimum Gasteiger partial charge on any atom is -0.481 e. The zero-order valence-corrected chi connectivity index (χ0v) is 18.2. The molecule has 0 bridgehead atoms. The first-order chi connectivity index (χ1) is 15.4. The number of fused-ring (bicyclic) bond motifs is 3. The zero-order chi connectivity index (χ0) is 23.1. The van der Waals surface area contributed by atoms with Crippen molar-refractivity contribution in [3.63, 3.8) is 0 Å². The topological polar surface area (TPSA) is 114 Å². The maximum Gasteiger partial charge on any atom is 0.407 e. The van der Waals surface area contributed by atoms with Crippen molar-refractivity contribution in [1.82, 2.24) is 10.6 Å². The summed E-state index contributed by atoms with van der Waals surface area (Å²) in [5.74, 6) is -1.72. The fraction of sp³-hybridized carbons (Fsp3) is 0.375. The third-order valence-electron chi connectivity index (χ3n) is 5.43. The Balaban J connectivity index is 1.58. The second-order valence-corrected chi connectivity index (χ2v) is 7.93. The molecule has 0 saturated carbocycles. The van der Waals surface area contributed by atoms with Crippen LogP contribution >= 0.6 is 0 Å². The molecule has 0 aromatic heterocycles. The normalized spacial score (nSPS) is 14.1. The molecule has 3 rings (SSSR count). The molecular weight excluding hydrogens is 412 g/mol. The van der Waals surface area contributed by atoms with Gasteiger partial charge in [-0.1, -0.05) is 55.5 Å². The molecule has 8 heteroatoms. The van der Waals surface area contributed by atoms with Crippen molar-refractivity contribution in [2.75, 3.05) is 26.9 Å². The quantitative estimate of drug-likeness (QED) is 0.524. The number of nitrogens with one attached hydrogen (secondary N) is 2. The van der Waals surface area contributed by atoms with Crippen molar-refractivity contribution >= 4 is 18.0 Å². The van der Waals surface area contributed by atoms with Gasteiger partial charge in [0.1, 0.15) is 12.6 Å². The number of carbonyl (C=O) groups excluding carboxylic acids is 2. The van der Waals surface area contributed by atoms with Gasteiger partial charge in [0.15, 0.2) is 0 Å². The summed E-state index contributed by atoms with van der Waals surface area (Å²) < 4.78 is 10.5. The summed E-state index contributed by atoms with van der Waals surface area (Å²) in [4.78, 5) is 35.7. The third kappa shape index (κ3) is 5.64. The van der Waals surface area contributed by atoms with E-state index in [1.54, 1.807) is 6.92 Å². The Morgan fingerprint density at radius 1 is 1.03 bits per heavy atom. The zero-order valence-electron chi connectivity index (χ0n) is 18.2. The number of ether oxygens (including phenoxy) is 2. The molecule has 2 aromatic carbocycles. The molecule has 2 amide bonds. The Hall–Kier alpha value is -3.39. The van der Waals surface area contributed by atoms with E-state index in [1.807, 2.05) is 36.4 Å². The smallest absolute Gasteiger partial charge is 0.407 e. The number of methoxy groups -OCH3 is 1. The van der Waals surface area contributed by atoms with Crippen LogP contribution in [0.1, 0.15) is 30.4 Å². The number of hydrogen-bond acceptors (Lipinski definition) is 5. The highest BCUT2D eigenvalue weighted by Crippen LogP contribution is 2.44. The van der Waals surface area contributed by atoms with Crippen LogP contribution in [0.5, 0.6) is 0 Å². The molecule has 0 fully saturated rings. The van der Waals surface area contributed by atoms with Crippen LogP contribution in [-0.4, -0.2) is 56.0 Å². The van der Waals surface area contributed by atoms with Crippen LogP contribution in [0.2, 0.25) is 0 Å². The predicted octanol–water partition coefficient (Wildman–Crippen LogP) is 2.77. The molecule has 2 atom stereocenters. The number of hydrogen-bond donors (Lipinski definition) is 3. The highest BCUT2D eigenvalue weighted by atomic mass is 16.5. The molecule has 0 spiro atoms. The maximum absolute atomic E-state index is 12.5. The van der Waals surface area contributed by atoms with Gasteiger partial charge in [-0.25, -0.2) is 4.79 Å². The van der Waals surface area contributed by atoms with E-state index in [1.165, 1.54) is 7.11 Å². The van der Waals surface area contributed by atoms with Gasteiger partial charge in [-0.15, -0.1) is 0 Å². The van der Waals surface area contributed by atoms with Crippen LogP contribution in [0.3, 0.4) is 0 Å². The van der Waals surface area contributed by atoms with Crippen molar-refractivity contribution in [1.29, 1.82) is 0 Å². The fourth-order valence-corrected chi connectivity index (χ4v) is 3.90. The summed E-state index contributed by atoms with van der Waals surface area (Å²) in [7, 11) is 1.42. The Kier molecular flexibility index (Phi) is 7.83. The lowest BCUT2D eigenvalue weighted by atomic mass is 9.98. The second kappa shape index (κ2) is 10.8. The summed E-state index contributed by atoms with van der Waals surface area (Å²) in [5, 5.41) is 14.0. The standard InChI is InChI=1S/C24H28N2O6/c1-15(11-22(27)28)12-25-23(29)21(14-31-2)26-24(30)32-13-20-18-9-5-3-7-16(18)17-8-4-6-10-19(17)20/h3-10,15,20-21H,11-14H2,1-2H3,(H,25,29)(H,26,30)(H,27,28). The summed E-state index contributed by atoms with van der Waals surface area (Å²) >= 11 is 0. The first-order valence-corrected chi connectivity index (χ1v) is 10.5. The van der Waals surface area contributed by atoms with E-state index in [-0.39, 0.29) is 38.0 Å². The van der Waals surface area contributed by atoms with Crippen LogP contribution in [0, 0.1) is 5.92 Å². The molecule has 0 aliphatic heterocycles. The molecule has 2 aromatic rings. The van der Waals surface area contributed by atoms with Gasteiger partial charge in [-0.05, 0) is 28.2 Å². The maximum atomic E-state index is 12.5. The second-order valence-electron chi connectivity index (χ2n) is 7.93. The third-order valence-corrected chi connectivity index (χ3v) is 5.43. The molecule has 1 aliphatic rings. The minimum atomic E-state index is -0.951. The van der Waals surface area contributed by atoms with Gasteiger partial charge in [-0.3, -0.25) is 9.59 Å². The van der Waals surface area contributed by atoms with E-state index in [0.29, 0.717) is 0 Å². The number of carbonyl (C=O) groups is 3. The Labute approximate surface area is 186 Å². The number of amides is 2. The Bertz CT molecular complexity index is 931. The van der Waals surface area contributed by atoms with Crippen molar-refractivity contribution in [2.24, 2.45) is 5.92 Å². The lowest BCUT2D eigenvalue weighted by molar-refractivity contribution is -0.138. The van der Waals surface area contributed by atoms with Gasteiger partial charge in [-0.2, -0.15) is 0 Å². The minimum absolute atomic E-state index is 0.0384. The predicted molar refractivity (Wildman–Crippen MR) is 118 cm³/mol. The van der Waals surface area contributed by atoms with E-state index in [9.17, 15) is 14.4 Å². The molecule has 0 saturated heterocycles. The van der Waals surface area contributed by atoms with Gasteiger partial charge in [0.25, 0.3) is 0 Å². The molecule has 3 N–H and O–H groups in total. The van der Waals surface area contributed by atoms with Crippen LogP contribution in [-0.2, 0) is 19.1 Å². The van der Waals surface area contributed by atoms with Gasteiger partial charge in [0.05, 0.1) is 6.61 Å². The highest BCUT2D eigenvalue weighted by molar-refractivity contribution is 5.86. The lowest BCUT2D eigenvalue weighted by Crippen LogP contribution is -2.50. The van der Waals surface area contributed by atoms with Crippen LogP contribution in [0.25, 0.3) is 11.1 Å². The number of aliphatic carboxylic acids is 1. The highest BCUT2D eigenvalue weighted by Gasteiger charge is 2.29. The monoisotopic (exact) mass is 440 g/mol. The van der Waals surface area contributed by atoms with Gasteiger partial charge in [0, 0.05) is 26.0 Å². The summed E-state index contributed by atoms with van der Waals surface area (Å²) in [6.45, 7) is 2.00. The van der Waals surface area contributed by atoms with Crippen molar-refractivity contribution in [2.45, 2.75) is 25.3 Å². The molecular formula is C24H28N2O6. The molecule has 0 radical (unpaired) electrons. The molecule has 2 unspecified atom stereocenters. The summed E-state index contributed by atoms with van der Waals surface area (Å²) in [6.07, 6.45) is -0.780. The summed E-state index contributed by atoms with van der Waals surface area (Å²) in [6, 6.07) is 15.1.